The van der Waals surface area contributed by atoms with Crippen molar-refractivity contribution in [2.45, 2.75) is 12.5 Å². The summed E-state index contributed by atoms with van der Waals surface area (Å²) in [6, 6.07) is 17.6. The number of carbonyl (C=O) groups excluding carboxylic acids is 1. The molecule has 148 valence electrons. The number of aromatic nitrogens is 2. The number of morpholine rings is 1. The third kappa shape index (κ3) is 4.60. The number of methoxy groups -OCH3 is 1. The molecule has 0 unspecified atom stereocenters. The molecule has 2 heterocycles. The van der Waals surface area contributed by atoms with Gasteiger partial charge < -0.3 is 14.4 Å². The number of hydrogen-bond acceptors (Lipinski definition) is 5. The summed E-state index contributed by atoms with van der Waals surface area (Å²) in [5.74, 6) is 1.38. The molecule has 1 amide bonds. The van der Waals surface area contributed by atoms with Crippen molar-refractivity contribution in [1.29, 1.82) is 0 Å². The predicted molar refractivity (Wildman–Crippen MR) is 110 cm³/mol. The van der Waals surface area contributed by atoms with Gasteiger partial charge in [-0.15, -0.1) is 0 Å². The third-order valence-electron chi connectivity index (χ3n) is 4.98. The lowest BCUT2D eigenvalue weighted by Crippen LogP contribution is -2.46. The molecule has 0 aliphatic carbocycles. The van der Waals surface area contributed by atoms with E-state index in [1.165, 1.54) is 0 Å². The average Bonchev–Trinajstić information content (AvgIpc) is 2.80. The van der Waals surface area contributed by atoms with Gasteiger partial charge in [0.05, 0.1) is 25.4 Å². The molecular weight excluding hydrogens is 366 g/mol. The molecule has 1 atom stereocenters. The largest absolute Gasteiger partial charge is 0.497 e. The summed E-state index contributed by atoms with van der Waals surface area (Å²) in [5.41, 5.74) is 2.58. The highest BCUT2D eigenvalue weighted by Gasteiger charge is 2.25. The Morgan fingerprint density at radius 2 is 1.83 bits per heavy atom. The van der Waals surface area contributed by atoms with Crippen LogP contribution < -0.4 is 4.74 Å². The first kappa shape index (κ1) is 19.1. The van der Waals surface area contributed by atoms with Crippen molar-refractivity contribution < 1.29 is 14.3 Å². The fourth-order valence-corrected chi connectivity index (χ4v) is 3.41. The number of benzene rings is 2. The van der Waals surface area contributed by atoms with E-state index in [0.717, 1.165) is 23.3 Å². The molecule has 1 fully saturated rings. The second-order valence-electron chi connectivity index (χ2n) is 6.96. The first-order chi connectivity index (χ1) is 14.2. The molecule has 0 N–H and O–H groups in total. The highest BCUT2D eigenvalue weighted by Crippen LogP contribution is 2.18. The van der Waals surface area contributed by atoms with Crippen molar-refractivity contribution in [2.75, 3.05) is 26.8 Å². The Morgan fingerprint density at radius 3 is 2.52 bits per heavy atom. The number of hydrogen-bond donors (Lipinski definition) is 0. The Balaban J connectivity index is 1.40. The second-order valence-corrected chi connectivity index (χ2v) is 6.96. The van der Waals surface area contributed by atoms with Crippen LogP contribution >= 0.6 is 0 Å². The minimum atomic E-state index is -0.0624. The van der Waals surface area contributed by atoms with Crippen LogP contribution in [0.2, 0.25) is 0 Å². The summed E-state index contributed by atoms with van der Waals surface area (Å²) in [6.07, 6.45) is 3.92. The zero-order valence-corrected chi connectivity index (χ0v) is 16.3. The topological polar surface area (TPSA) is 64.5 Å². The lowest BCUT2D eigenvalue weighted by atomic mass is 10.1. The summed E-state index contributed by atoms with van der Waals surface area (Å²) in [5, 5.41) is 0. The van der Waals surface area contributed by atoms with Gasteiger partial charge in [-0.2, -0.15) is 0 Å². The summed E-state index contributed by atoms with van der Waals surface area (Å²) < 4.78 is 11.1. The summed E-state index contributed by atoms with van der Waals surface area (Å²) >= 11 is 0. The van der Waals surface area contributed by atoms with Crippen molar-refractivity contribution in [3.63, 3.8) is 0 Å². The number of ether oxygens (including phenoxy) is 2. The maximum atomic E-state index is 12.9. The Hall–Kier alpha value is -3.25. The molecule has 1 aromatic heterocycles. The summed E-state index contributed by atoms with van der Waals surface area (Å²) in [7, 11) is 1.65. The van der Waals surface area contributed by atoms with Crippen LogP contribution in [0.25, 0.3) is 11.4 Å². The Labute approximate surface area is 170 Å². The van der Waals surface area contributed by atoms with Gasteiger partial charge >= 0.3 is 0 Å². The molecule has 1 aliphatic rings. The van der Waals surface area contributed by atoms with Gasteiger partial charge in [0.2, 0.25) is 0 Å². The second kappa shape index (κ2) is 8.84. The Kier molecular flexibility index (Phi) is 5.81. The van der Waals surface area contributed by atoms with Crippen molar-refractivity contribution in [2.24, 2.45) is 0 Å². The lowest BCUT2D eigenvalue weighted by Gasteiger charge is -2.33. The van der Waals surface area contributed by atoms with Gasteiger partial charge in [-0.3, -0.25) is 4.79 Å². The zero-order valence-electron chi connectivity index (χ0n) is 16.3. The van der Waals surface area contributed by atoms with Gasteiger partial charge in [-0.25, -0.2) is 9.97 Å². The molecule has 1 saturated heterocycles. The van der Waals surface area contributed by atoms with E-state index in [4.69, 9.17) is 9.47 Å². The molecule has 0 bridgehead atoms. The maximum absolute atomic E-state index is 12.9. The minimum Gasteiger partial charge on any atom is -0.497 e. The van der Waals surface area contributed by atoms with Crippen molar-refractivity contribution in [3.8, 4) is 17.1 Å². The van der Waals surface area contributed by atoms with Gasteiger partial charge in [0.25, 0.3) is 5.91 Å². The van der Waals surface area contributed by atoms with Crippen molar-refractivity contribution in [3.05, 3.63) is 78.1 Å². The number of carbonyl (C=O) groups is 1. The van der Waals surface area contributed by atoms with E-state index >= 15 is 0 Å². The highest BCUT2D eigenvalue weighted by atomic mass is 16.5. The maximum Gasteiger partial charge on any atom is 0.257 e. The molecule has 1 aliphatic heterocycles. The number of nitrogens with zero attached hydrogens (tertiary/aromatic N) is 3. The monoisotopic (exact) mass is 389 g/mol. The SMILES string of the molecule is COc1ccc(C[C@@H]2CN(C(=O)c3cnc(-c4ccccc4)nc3)CCO2)cc1. The van der Waals surface area contributed by atoms with E-state index in [9.17, 15) is 4.79 Å². The Morgan fingerprint density at radius 1 is 1.10 bits per heavy atom. The van der Waals surface area contributed by atoms with E-state index in [1.807, 2.05) is 59.5 Å². The molecule has 3 aromatic rings. The zero-order chi connectivity index (χ0) is 20.1. The first-order valence-corrected chi connectivity index (χ1v) is 9.64. The van der Waals surface area contributed by atoms with Gasteiger partial charge in [-0.1, -0.05) is 42.5 Å². The van der Waals surface area contributed by atoms with Crippen LogP contribution in [0.3, 0.4) is 0 Å². The number of rotatable bonds is 5. The van der Waals surface area contributed by atoms with Crippen LogP contribution in [-0.2, 0) is 11.2 Å². The lowest BCUT2D eigenvalue weighted by molar-refractivity contribution is -0.0208. The van der Waals surface area contributed by atoms with Crippen LogP contribution in [0, 0.1) is 0 Å². The Bertz CT molecular complexity index is 943. The van der Waals surface area contributed by atoms with E-state index in [1.54, 1.807) is 19.5 Å². The fraction of sp³-hybridized carbons (Fsp3) is 0.261. The van der Waals surface area contributed by atoms with E-state index in [0.29, 0.717) is 31.1 Å². The molecule has 6 nitrogen and oxygen atoms in total. The molecule has 0 radical (unpaired) electrons. The van der Waals surface area contributed by atoms with Crippen molar-refractivity contribution in [1.82, 2.24) is 14.9 Å². The van der Waals surface area contributed by atoms with Crippen LogP contribution in [0.4, 0.5) is 0 Å². The van der Waals surface area contributed by atoms with Gasteiger partial charge in [0, 0.05) is 37.5 Å². The number of amides is 1. The van der Waals surface area contributed by atoms with E-state index < -0.39 is 0 Å². The van der Waals surface area contributed by atoms with Gasteiger partial charge in [-0.05, 0) is 17.7 Å². The van der Waals surface area contributed by atoms with Crippen molar-refractivity contribution >= 4 is 5.91 Å². The summed E-state index contributed by atoms with van der Waals surface area (Å²) in [4.78, 5) is 23.5. The van der Waals surface area contributed by atoms with E-state index in [2.05, 4.69) is 9.97 Å². The smallest absolute Gasteiger partial charge is 0.257 e. The molecule has 29 heavy (non-hydrogen) atoms. The standard InChI is InChI=1S/C23H23N3O3/c1-28-20-9-7-17(8-10-20)13-21-16-26(11-12-29-21)23(27)19-14-24-22(25-15-19)18-5-3-2-4-6-18/h2-10,14-15,21H,11-13,16H2,1H3/t21-/m1/s1. The molecule has 4 rings (SSSR count). The molecular formula is C23H23N3O3. The van der Waals surface area contributed by atoms with Crippen LogP contribution in [0.1, 0.15) is 15.9 Å². The average molecular weight is 389 g/mol. The fourth-order valence-electron chi connectivity index (χ4n) is 3.41. The molecule has 0 saturated carbocycles. The van der Waals surface area contributed by atoms with Gasteiger partial charge in [0.1, 0.15) is 5.75 Å². The normalized spacial score (nSPS) is 16.4. The van der Waals surface area contributed by atoms with E-state index in [-0.39, 0.29) is 12.0 Å². The minimum absolute atomic E-state index is 0.0365. The predicted octanol–water partition coefficient (Wildman–Crippen LogP) is 3.24. The molecule has 2 aromatic carbocycles. The van der Waals surface area contributed by atoms with Crippen LogP contribution in [-0.4, -0.2) is 53.7 Å². The van der Waals surface area contributed by atoms with Crippen LogP contribution in [0.5, 0.6) is 5.75 Å². The summed E-state index contributed by atoms with van der Waals surface area (Å²) in [6.45, 7) is 1.64. The third-order valence-corrected chi connectivity index (χ3v) is 4.98. The highest BCUT2D eigenvalue weighted by molar-refractivity contribution is 5.93. The first-order valence-electron chi connectivity index (χ1n) is 9.64. The van der Waals surface area contributed by atoms with Gasteiger partial charge in [0.15, 0.2) is 5.82 Å². The molecule has 0 spiro atoms. The van der Waals surface area contributed by atoms with Crippen LogP contribution in [0.15, 0.2) is 67.0 Å². The quantitative estimate of drug-likeness (QED) is 0.670. The molecule has 6 heteroatoms.